The summed E-state index contributed by atoms with van der Waals surface area (Å²) in [6.07, 6.45) is 3.80. The van der Waals surface area contributed by atoms with Crippen molar-refractivity contribution >= 4 is 16.0 Å². The Balaban J connectivity index is 1.88. The topological polar surface area (TPSA) is 63.7 Å². The molecular formula is C14H13F4NO4S. The molecule has 1 amide bonds. The first-order valence-electron chi connectivity index (χ1n) is 6.99. The summed E-state index contributed by atoms with van der Waals surface area (Å²) in [4.78, 5) is 12.3. The molecule has 10 heteroatoms. The number of nitrogens with zero attached hydrogens (tertiary/aromatic N) is 1. The van der Waals surface area contributed by atoms with E-state index < -0.39 is 45.1 Å². The van der Waals surface area contributed by atoms with Gasteiger partial charge in [0.25, 0.3) is 5.91 Å². The van der Waals surface area contributed by atoms with Crippen molar-refractivity contribution in [2.24, 2.45) is 23.7 Å². The first-order valence-corrected chi connectivity index (χ1v) is 8.40. The van der Waals surface area contributed by atoms with Crippen LogP contribution in [0.5, 0.6) is 0 Å². The normalized spacial score (nSPS) is 32.6. The van der Waals surface area contributed by atoms with E-state index in [1.807, 2.05) is 6.08 Å². The molecular weight excluding hydrogens is 354 g/mol. The Labute approximate surface area is 135 Å². The maximum Gasteiger partial charge on any atom is 0.437 e. The SMILES string of the molecule is C=CC(F)(F)C(F)(F)S(=O)(=O)ON1C(=C)C2C3C=CC(C3)C2C1=O. The van der Waals surface area contributed by atoms with Gasteiger partial charge in [0, 0.05) is 11.6 Å². The fourth-order valence-corrected chi connectivity index (χ4v) is 4.42. The second kappa shape index (κ2) is 4.92. The third kappa shape index (κ3) is 2.02. The Morgan fingerprint density at radius 2 is 1.75 bits per heavy atom. The second-order valence-corrected chi connectivity index (χ2v) is 7.57. The van der Waals surface area contributed by atoms with Crippen LogP contribution < -0.4 is 0 Å². The summed E-state index contributed by atoms with van der Waals surface area (Å²) in [6, 6.07) is 0. The summed E-state index contributed by atoms with van der Waals surface area (Å²) in [6.45, 7) is 6.02. The number of hydroxylamine groups is 2. The van der Waals surface area contributed by atoms with Crippen LogP contribution in [0.4, 0.5) is 17.6 Å². The number of fused-ring (bicyclic) bond motifs is 5. The van der Waals surface area contributed by atoms with Crippen LogP contribution in [0, 0.1) is 23.7 Å². The van der Waals surface area contributed by atoms with Crippen molar-refractivity contribution in [3.8, 4) is 0 Å². The molecule has 3 aliphatic rings. The lowest BCUT2D eigenvalue weighted by molar-refractivity contribution is -0.157. The molecule has 2 aliphatic carbocycles. The Hall–Kier alpha value is -1.68. The lowest BCUT2D eigenvalue weighted by atomic mass is 9.84. The summed E-state index contributed by atoms with van der Waals surface area (Å²) in [5.74, 6) is -7.33. The number of hydrogen-bond acceptors (Lipinski definition) is 4. The zero-order chi connectivity index (χ0) is 18.1. The Morgan fingerprint density at radius 3 is 2.25 bits per heavy atom. The van der Waals surface area contributed by atoms with Crippen molar-refractivity contribution in [3.05, 3.63) is 37.1 Å². The van der Waals surface area contributed by atoms with Crippen molar-refractivity contribution < 1.29 is 35.1 Å². The molecule has 24 heavy (non-hydrogen) atoms. The van der Waals surface area contributed by atoms with E-state index in [0.29, 0.717) is 6.42 Å². The Bertz CT molecular complexity index is 731. The van der Waals surface area contributed by atoms with Crippen LogP contribution in [0.2, 0.25) is 0 Å². The van der Waals surface area contributed by atoms with Gasteiger partial charge in [-0.2, -0.15) is 31.0 Å². The molecule has 3 rings (SSSR count). The van der Waals surface area contributed by atoms with Gasteiger partial charge < -0.3 is 0 Å². The van der Waals surface area contributed by atoms with Gasteiger partial charge in [-0.15, -0.1) is 4.28 Å². The molecule has 0 N–H and O–H groups in total. The first-order chi connectivity index (χ1) is 10.9. The molecule has 0 aromatic rings. The number of alkyl halides is 4. The van der Waals surface area contributed by atoms with Crippen molar-refractivity contribution in [3.63, 3.8) is 0 Å². The van der Waals surface area contributed by atoms with Gasteiger partial charge in [-0.25, -0.2) is 0 Å². The average molecular weight is 367 g/mol. The van der Waals surface area contributed by atoms with E-state index in [9.17, 15) is 30.8 Å². The zero-order valence-electron chi connectivity index (χ0n) is 12.2. The molecule has 1 heterocycles. The first kappa shape index (κ1) is 17.2. The van der Waals surface area contributed by atoms with Gasteiger partial charge in [0.2, 0.25) is 0 Å². The lowest BCUT2D eigenvalue weighted by Crippen LogP contribution is -2.48. The summed E-state index contributed by atoms with van der Waals surface area (Å²) in [7, 11) is -6.16. The quantitative estimate of drug-likeness (QED) is 0.553. The van der Waals surface area contributed by atoms with Crippen LogP contribution >= 0.6 is 0 Å². The fourth-order valence-electron chi connectivity index (χ4n) is 3.54. The van der Waals surface area contributed by atoms with Gasteiger partial charge in [-0.05, 0) is 24.3 Å². The summed E-state index contributed by atoms with van der Waals surface area (Å²) >= 11 is 0. The van der Waals surface area contributed by atoms with E-state index in [1.54, 1.807) is 6.08 Å². The van der Waals surface area contributed by atoms with Gasteiger partial charge in [-0.1, -0.05) is 25.3 Å². The van der Waals surface area contributed by atoms with E-state index in [0.717, 1.165) is 0 Å². The standard InChI is InChI=1S/C14H13F4NO4S/c1-3-13(15,16)14(17,18)24(21,22)23-19-7(2)10-8-4-5-9(6-8)11(10)12(19)20/h3-5,8-11H,1-2,6H2. The van der Waals surface area contributed by atoms with Crippen LogP contribution in [0.15, 0.2) is 37.1 Å². The van der Waals surface area contributed by atoms with Crippen molar-refractivity contribution in [1.29, 1.82) is 0 Å². The number of hydrogen-bond donors (Lipinski definition) is 0. The molecule has 4 atom stereocenters. The van der Waals surface area contributed by atoms with Gasteiger partial charge in [0.05, 0.1) is 5.92 Å². The number of allylic oxidation sites excluding steroid dienone is 4. The zero-order valence-corrected chi connectivity index (χ0v) is 13.0. The van der Waals surface area contributed by atoms with Gasteiger partial charge in [0.15, 0.2) is 0 Å². The lowest BCUT2D eigenvalue weighted by Gasteiger charge is -2.26. The smallest absolute Gasteiger partial charge is 0.272 e. The molecule has 132 valence electrons. The minimum absolute atomic E-state index is 0.0807. The third-order valence-electron chi connectivity index (χ3n) is 4.72. The molecule has 5 nitrogen and oxygen atoms in total. The maximum absolute atomic E-state index is 13.6. The molecule has 1 saturated carbocycles. The summed E-state index contributed by atoms with van der Waals surface area (Å²) in [5, 5.41) is -5.47. The molecule has 0 aromatic heterocycles. The molecule has 1 aliphatic heterocycles. The highest BCUT2D eigenvalue weighted by Gasteiger charge is 2.67. The molecule has 1 saturated heterocycles. The van der Waals surface area contributed by atoms with Gasteiger partial charge >= 0.3 is 21.3 Å². The van der Waals surface area contributed by atoms with E-state index >= 15 is 0 Å². The number of halogens is 4. The number of carbonyl (C=O) groups excluding carboxylic acids is 1. The Morgan fingerprint density at radius 1 is 1.21 bits per heavy atom. The minimum atomic E-state index is -6.16. The van der Waals surface area contributed by atoms with E-state index in [1.165, 1.54) is 0 Å². The number of amides is 1. The Kier molecular flexibility index (Phi) is 3.51. The van der Waals surface area contributed by atoms with E-state index in [2.05, 4.69) is 17.4 Å². The van der Waals surface area contributed by atoms with Crippen molar-refractivity contribution in [2.45, 2.75) is 17.6 Å². The third-order valence-corrected chi connectivity index (χ3v) is 5.97. The van der Waals surface area contributed by atoms with Gasteiger partial charge in [-0.3, -0.25) is 4.79 Å². The number of carbonyl (C=O) groups is 1. The van der Waals surface area contributed by atoms with Crippen LogP contribution in [0.3, 0.4) is 0 Å². The van der Waals surface area contributed by atoms with Crippen LogP contribution in [0.25, 0.3) is 0 Å². The predicted molar refractivity (Wildman–Crippen MR) is 73.8 cm³/mol. The monoisotopic (exact) mass is 367 g/mol. The molecule has 0 radical (unpaired) electrons. The van der Waals surface area contributed by atoms with E-state index in [4.69, 9.17) is 0 Å². The number of rotatable bonds is 5. The highest BCUT2D eigenvalue weighted by atomic mass is 32.2. The molecule has 0 aromatic carbocycles. The molecule has 0 spiro atoms. The average Bonchev–Trinajstić information content (AvgIpc) is 3.16. The molecule has 4 unspecified atom stereocenters. The van der Waals surface area contributed by atoms with Crippen LogP contribution in [-0.2, 0) is 19.2 Å². The highest BCUT2D eigenvalue weighted by Crippen LogP contribution is 2.56. The van der Waals surface area contributed by atoms with Gasteiger partial charge in [0.1, 0.15) is 0 Å². The van der Waals surface area contributed by atoms with Crippen molar-refractivity contribution in [1.82, 2.24) is 5.06 Å². The maximum atomic E-state index is 13.6. The highest BCUT2D eigenvalue weighted by molar-refractivity contribution is 7.87. The second-order valence-electron chi connectivity index (χ2n) is 6.00. The summed E-state index contributed by atoms with van der Waals surface area (Å²) in [5.41, 5.74) is -0.122. The van der Waals surface area contributed by atoms with Crippen LogP contribution in [-0.4, -0.2) is 30.6 Å². The largest absolute Gasteiger partial charge is 0.437 e. The minimum Gasteiger partial charge on any atom is -0.272 e. The van der Waals surface area contributed by atoms with Crippen molar-refractivity contribution in [2.75, 3.05) is 0 Å². The predicted octanol–water partition coefficient (Wildman–Crippen LogP) is 2.46. The molecule has 2 bridgehead atoms. The van der Waals surface area contributed by atoms with Crippen LogP contribution in [0.1, 0.15) is 6.42 Å². The summed E-state index contributed by atoms with van der Waals surface area (Å²) < 4.78 is 81.0. The fraction of sp³-hybridized carbons (Fsp3) is 0.500. The molecule has 2 fully saturated rings. The van der Waals surface area contributed by atoms with E-state index in [-0.39, 0.29) is 22.6 Å².